The molecule has 22 heavy (non-hydrogen) atoms. The number of hydrogen-bond acceptors (Lipinski definition) is 6. The molecular weight excluding hydrogens is 292 g/mol. The molecule has 7 heteroatoms. The molecular formula is C15H10O7. The minimum Gasteiger partial charge on any atom is -0.478 e. The van der Waals surface area contributed by atoms with E-state index in [1.807, 2.05) is 0 Å². The molecule has 1 aromatic carbocycles. The minimum atomic E-state index is -1.25. The first-order valence-electron chi connectivity index (χ1n) is 5.86. The molecule has 0 aromatic heterocycles. The Morgan fingerprint density at radius 1 is 0.909 bits per heavy atom. The molecule has 1 N–H and O–H groups in total. The van der Waals surface area contributed by atoms with Crippen LogP contribution in [0.5, 0.6) is 0 Å². The maximum atomic E-state index is 11.1. The number of carboxylic acid groups (broad SMARTS) is 1. The van der Waals surface area contributed by atoms with Gasteiger partial charge in [-0.15, -0.1) is 0 Å². The summed E-state index contributed by atoms with van der Waals surface area (Å²) in [7, 11) is 0. The number of carbonyl (C=O) groups excluding carboxylic acids is 4. The first-order chi connectivity index (χ1) is 10.5. The van der Waals surface area contributed by atoms with Gasteiger partial charge in [0.15, 0.2) is 11.6 Å². The lowest BCUT2D eigenvalue weighted by molar-refractivity contribution is -0.124. The second-order valence-electron chi connectivity index (χ2n) is 3.82. The summed E-state index contributed by atoms with van der Waals surface area (Å²) in [6.07, 6.45) is 5.01. The Balaban J connectivity index is 0.000000255. The van der Waals surface area contributed by atoms with Gasteiger partial charge in [0.1, 0.15) is 0 Å². The number of ether oxygens (including phenoxy) is 1. The minimum absolute atomic E-state index is 0.0407. The number of aromatic carboxylic acids is 1. The van der Waals surface area contributed by atoms with Crippen LogP contribution >= 0.6 is 0 Å². The van der Waals surface area contributed by atoms with Crippen LogP contribution < -0.4 is 0 Å². The molecule has 0 bridgehead atoms. The summed E-state index contributed by atoms with van der Waals surface area (Å²) in [5.41, 5.74) is -0.341. The third-order valence-corrected chi connectivity index (χ3v) is 2.36. The fourth-order valence-electron chi connectivity index (χ4n) is 1.39. The number of carbonyl (C=O) groups is 5. The molecule has 0 saturated carbocycles. The number of rotatable bonds is 3. The zero-order valence-electron chi connectivity index (χ0n) is 11.1. The van der Waals surface area contributed by atoms with Crippen molar-refractivity contribution in [1.82, 2.24) is 0 Å². The van der Waals surface area contributed by atoms with Crippen LogP contribution in [-0.2, 0) is 19.1 Å². The Morgan fingerprint density at radius 3 is 1.77 bits per heavy atom. The van der Waals surface area contributed by atoms with Crippen LogP contribution in [0.2, 0.25) is 0 Å². The molecule has 0 unspecified atom stereocenters. The first-order valence-corrected chi connectivity index (χ1v) is 5.86. The highest BCUT2D eigenvalue weighted by molar-refractivity contribution is 6.14. The fraction of sp³-hybridized carbons (Fsp3) is 0. The van der Waals surface area contributed by atoms with Gasteiger partial charge in [-0.05, 0) is 36.4 Å². The monoisotopic (exact) mass is 302 g/mol. The standard InChI is InChI=1S/C9H6O5.C6H4O2/c10-5-14-9(13)7-4-2-1-3-6(7)8(11)12;7-5-1-2-6(8)4-3-5/h1-5H,(H,11,12);1-4H. The van der Waals surface area contributed by atoms with E-state index >= 15 is 0 Å². The van der Waals surface area contributed by atoms with Crippen LogP contribution in [0.3, 0.4) is 0 Å². The van der Waals surface area contributed by atoms with Crippen molar-refractivity contribution in [3.05, 3.63) is 59.7 Å². The normalized spacial score (nSPS) is 12.2. The highest BCUT2D eigenvalue weighted by Gasteiger charge is 2.16. The van der Waals surface area contributed by atoms with Crippen LogP contribution in [0, 0.1) is 0 Å². The molecule has 0 atom stereocenters. The van der Waals surface area contributed by atoms with Crippen molar-refractivity contribution in [2.75, 3.05) is 0 Å². The molecule has 1 aromatic rings. The predicted molar refractivity (Wildman–Crippen MR) is 73.2 cm³/mol. The quantitative estimate of drug-likeness (QED) is 0.382. The largest absolute Gasteiger partial charge is 0.478 e. The number of esters is 1. The van der Waals surface area contributed by atoms with Crippen molar-refractivity contribution < 1.29 is 33.8 Å². The van der Waals surface area contributed by atoms with E-state index < -0.39 is 11.9 Å². The van der Waals surface area contributed by atoms with Gasteiger partial charge in [-0.25, -0.2) is 9.59 Å². The smallest absolute Gasteiger partial charge is 0.346 e. The third kappa shape index (κ3) is 4.97. The third-order valence-electron chi connectivity index (χ3n) is 2.36. The van der Waals surface area contributed by atoms with E-state index in [0.29, 0.717) is 0 Å². The predicted octanol–water partition coefficient (Wildman–Crippen LogP) is 0.949. The summed E-state index contributed by atoms with van der Waals surface area (Å²) in [5, 5.41) is 8.69. The van der Waals surface area contributed by atoms with Crippen LogP contribution in [0.1, 0.15) is 20.7 Å². The van der Waals surface area contributed by atoms with Crippen molar-refractivity contribution >= 4 is 30.0 Å². The molecule has 0 saturated heterocycles. The summed E-state index contributed by atoms with van der Waals surface area (Å²) in [4.78, 5) is 52.1. The van der Waals surface area contributed by atoms with Gasteiger partial charge < -0.3 is 9.84 Å². The number of hydrogen-bond donors (Lipinski definition) is 1. The molecule has 112 valence electrons. The molecule has 0 aliphatic heterocycles. The van der Waals surface area contributed by atoms with Crippen LogP contribution in [0.4, 0.5) is 0 Å². The van der Waals surface area contributed by atoms with Gasteiger partial charge in [-0.2, -0.15) is 0 Å². The second-order valence-corrected chi connectivity index (χ2v) is 3.82. The summed E-state index contributed by atoms with van der Waals surface area (Å²) in [6.45, 7) is -0.0407. The maximum Gasteiger partial charge on any atom is 0.346 e. The van der Waals surface area contributed by atoms with Crippen molar-refractivity contribution in [1.29, 1.82) is 0 Å². The Morgan fingerprint density at radius 2 is 1.36 bits per heavy atom. The highest BCUT2D eigenvalue weighted by atomic mass is 16.6. The van der Waals surface area contributed by atoms with E-state index in [-0.39, 0.29) is 29.2 Å². The Kier molecular flexibility index (Phi) is 6.11. The van der Waals surface area contributed by atoms with E-state index in [1.165, 1.54) is 48.6 Å². The summed E-state index contributed by atoms with van der Waals surface area (Å²) in [6, 6.07) is 5.48. The van der Waals surface area contributed by atoms with Gasteiger partial charge >= 0.3 is 18.4 Å². The Bertz CT molecular complexity index is 645. The first kappa shape index (κ1) is 16.7. The number of carboxylic acids is 1. The molecule has 0 amide bonds. The molecule has 1 aliphatic rings. The molecule has 0 spiro atoms. The van der Waals surface area contributed by atoms with Crippen LogP contribution in [0.25, 0.3) is 0 Å². The SMILES string of the molecule is O=C1C=CC(=O)C=C1.O=COC(=O)c1ccccc1C(=O)O. The molecule has 0 heterocycles. The summed E-state index contributed by atoms with van der Waals surface area (Å²) < 4.78 is 4.04. The van der Waals surface area contributed by atoms with Crippen molar-refractivity contribution in [3.63, 3.8) is 0 Å². The average molecular weight is 302 g/mol. The van der Waals surface area contributed by atoms with Crippen molar-refractivity contribution in [2.45, 2.75) is 0 Å². The topological polar surface area (TPSA) is 115 Å². The second kappa shape index (κ2) is 8.05. The van der Waals surface area contributed by atoms with E-state index in [4.69, 9.17) is 5.11 Å². The van der Waals surface area contributed by atoms with E-state index in [2.05, 4.69) is 4.74 Å². The number of benzene rings is 1. The van der Waals surface area contributed by atoms with Gasteiger partial charge in [0, 0.05) is 0 Å². The van der Waals surface area contributed by atoms with Crippen LogP contribution in [-0.4, -0.2) is 35.1 Å². The summed E-state index contributed by atoms with van der Waals surface area (Å²) >= 11 is 0. The van der Waals surface area contributed by atoms with Gasteiger partial charge in [0.05, 0.1) is 11.1 Å². The fourth-order valence-corrected chi connectivity index (χ4v) is 1.39. The lowest BCUT2D eigenvalue weighted by Gasteiger charge is -2.01. The Hall–Kier alpha value is -3.35. The van der Waals surface area contributed by atoms with Gasteiger partial charge in [-0.3, -0.25) is 14.4 Å². The highest BCUT2D eigenvalue weighted by Crippen LogP contribution is 2.09. The molecule has 0 radical (unpaired) electrons. The van der Waals surface area contributed by atoms with Crippen molar-refractivity contribution in [2.24, 2.45) is 0 Å². The van der Waals surface area contributed by atoms with E-state index in [1.54, 1.807) is 0 Å². The average Bonchev–Trinajstić information content (AvgIpc) is 2.51. The lowest BCUT2D eigenvalue weighted by atomic mass is 10.1. The Labute approximate surface area is 124 Å². The zero-order chi connectivity index (χ0) is 16.5. The lowest BCUT2D eigenvalue weighted by Crippen LogP contribution is -2.10. The molecule has 2 rings (SSSR count). The maximum absolute atomic E-state index is 11.1. The number of allylic oxidation sites excluding steroid dienone is 4. The summed E-state index contributed by atoms with van der Waals surface area (Å²) in [5.74, 6) is -2.46. The van der Waals surface area contributed by atoms with Crippen molar-refractivity contribution in [3.8, 4) is 0 Å². The van der Waals surface area contributed by atoms with Gasteiger partial charge in [0.2, 0.25) is 0 Å². The van der Waals surface area contributed by atoms with Crippen LogP contribution in [0.15, 0.2) is 48.6 Å². The molecule has 1 aliphatic carbocycles. The van der Waals surface area contributed by atoms with E-state index in [0.717, 1.165) is 0 Å². The zero-order valence-corrected chi connectivity index (χ0v) is 11.1. The number of ketones is 2. The van der Waals surface area contributed by atoms with E-state index in [9.17, 15) is 24.0 Å². The molecule has 7 nitrogen and oxygen atoms in total. The molecule has 0 fully saturated rings. The van der Waals surface area contributed by atoms with Gasteiger partial charge in [0.25, 0.3) is 0 Å². The van der Waals surface area contributed by atoms with Gasteiger partial charge in [-0.1, -0.05) is 12.1 Å².